The molecule has 31 heavy (non-hydrogen) atoms. The number of unbranched alkanes of at least 4 members (excludes halogenated alkanes) is 1. The van der Waals surface area contributed by atoms with Crippen molar-refractivity contribution in [3.05, 3.63) is 53.1 Å². The number of thiazole rings is 1. The third kappa shape index (κ3) is 6.05. The van der Waals surface area contributed by atoms with Crippen molar-refractivity contribution >= 4 is 32.6 Å². The van der Waals surface area contributed by atoms with Crippen molar-refractivity contribution in [2.24, 2.45) is 0 Å². The van der Waals surface area contributed by atoms with E-state index in [-0.39, 0.29) is 5.91 Å². The molecule has 1 heterocycles. The Morgan fingerprint density at radius 2 is 1.81 bits per heavy atom. The summed E-state index contributed by atoms with van der Waals surface area (Å²) in [5.74, 6) is 0.780. The lowest BCUT2D eigenvalue weighted by Gasteiger charge is -2.21. The molecule has 0 radical (unpaired) electrons. The van der Waals surface area contributed by atoms with Gasteiger partial charge in [-0.3, -0.25) is 9.69 Å². The van der Waals surface area contributed by atoms with Crippen LogP contribution in [0.25, 0.3) is 10.2 Å². The lowest BCUT2D eigenvalue weighted by atomic mass is 10.1. The number of aromatic nitrogens is 1. The minimum Gasteiger partial charge on any atom is -0.494 e. The highest BCUT2D eigenvalue weighted by Crippen LogP contribution is 2.33. The summed E-state index contributed by atoms with van der Waals surface area (Å²) in [5.41, 5.74) is 4.00. The van der Waals surface area contributed by atoms with Crippen molar-refractivity contribution in [2.75, 3.05) is 38.7 Å². The molecular weight excluding hydrogens is 406 g/mol. The molecule has 0 aliphatic carbocycles. The first-order chi connectivity index (χ1) is 14.9. The molecule has 166 valence electrons. The van der Waals surface area contributed by atoms with Gasteiger partial charge in [-0.1, -0.05) is 30.7 Å². The summed E-state index contributed by atoms with van der Waals surface area (Å²) in [6.45, 7) is 8.56. The number of ether oxygens (including phenoxy) is 1. The summed E-state index contributed by atoms with van der Waals surface area (Å²) in [7, 11) is 4.10. The van der Waals surface area contributed by atoms with Gasteiger partial charge < -0.3 is 9.64 Å². The zero-order chi connectivity index (χ0) is 22.4. The summed E-state index contributed by atoms with van der Waals surface area (Å²) in [6, 6.07) is 11.7. The number of hydrogen-bond acceptors (Lipinski definition) is 5. The van der Waals surface area contributed by atoms with Crippen molar-refractivity contribution < 1.29 is 9.53 Å². The molecular formula is C25H33N3O2S. The van der Waals surface area contributed by atoms with E-state index in [1.165, 1.54) is 11.1 Å². The number of carbonyl (C=O) groups excluding carboxylic acids is 1. The van der Waals surface area contributed by atoms with Gasteiger partial charge in [0, 0.05) is 12.1 Å². The lowest BCUT2D eigenvalue weighted by Crippen LogP contribution is -2.33. The van der Waals surface area contributed by atoms with E-state index in [1.54, 1.807) is 11.3 Å². The van der Waals surface area contributed by atoms with Gasteiger partial charge in [-0.2, -0.15) is 0 Å². The molecule has 0 atom stereocenters. The highest BCUT2D eigenvalue weighted by Gasteiger charge is 2.22. The normalized spacial score (nSPS) is 11.3. The maximum absolute atomic E-state index is 13.5. The summed E-state index contributed by atoms with van der Waals surface area (Å²) < 4.78 is 6.89. The molecule has 5 nitrogen and oxygen atoms in total. The maximum atomic E-state index is 13.5. The fourth-order valence-electron chi connectivity index (χ4n) is 3.49. The number of anilines is 1. The van der Waals surface area contributed by atoms with Gasteiger partial charge in [0.2, 0.25) is 0 Å². The Morgan fingerprint density at radius 1 is 1.06 bits per heavy atom. The van der Waals surface area contributed by atoms with Crippen LogP contribution in [0.5, 0.6) is 5.75 Å². The van der Waals surface area contributed by atoms with Crippen LogP contribution in [0.2, 0.25) is 0 Å². The first-order valence-electron chi connectivity index (χ1n) is 11.0. The predicted octanol–water partition coefficient (Wildman–Crippen LogP) is 5.69. The Balaban J connectivity index is 1.86. The molecule has 0 saturated heterocycles. The number of amides is 1. The van der Waals surface area contributed by atoms with Gasteiger partial charge in [-0.05, 0) is 88.8 Å². The first kappa shape index (κ1) is 23.2. The molecule has 0 saturated carbocycles. The molecule has 1 aromatic heterocycles. The topological polar surface area (TPSA) is 45.7 Å². The highest BCUT2D eigenvalue weighted by molar-refractivity contribution is 7.22. The summed E-state index contributed by atoms with van der Waals surface area (Å²) in [5, 5.41) is 0.760. The van der Waals surface area contributed by atoms with Crippen LogP contribution in [-0.2, 0) is 0 Å². The van der Waals surface area contributed by atoms with E-state index >= 15 is 0 Å². The molecule has 3 rings (SSSR count). The van der Waals surface area contributed by atoms with E-state index < -0.39 is 0 Å². The Hall–Kier alpha value is -2.44. The van der Waals surface area contributed by atoms with Crippen molar-refractivity contribution in [1.29, 1.82) is 0 Å². The molecule has 0 bridgehead atoms. The smallest absolute Gasteiger partial charge is 0.260 e. The Kier molecular flexibility index (Phi) is 8.04. The fourth-order valence-corrected chi connectivity index (χ4v) is 4.53. The van der Waals surface area contributed by atoms with Crippen molar-refractivity contribution in [3.63, 3.8) is 0 Å². The average molecular weight is 440 g/mol. The van der Waals surface area contributed by atoms with E-state index in [0.717, 1.165) is 46.9 Å². The van der Waals surface area contributed by atoms with E-state index in [4.69, 9.17) is 9.72 Å². The number of aryl methyl sites for hydroxylation is 2. The minimum atomic E-state index is -0.0210. The quantitative estimate of drug-likeness (QED) is 0.381. The summed E-state index contributed by atoms with van der Waals surface area (Å²) in [6.07, 6.45) is 3.00. The highest BCUT2D eigenvalue weighted by atomic mass is 32.1. The van der Waals surface area contributed by atoms with E-state index in [1.807, 2.05) is 43.3 Å². The van der Waals surface area contributed by atoms with Crippen LogP contribution in [0.3, 0.4) is 0 Å². The molecule has 0 aliphatic heterocycles. The largest absolute Gasteiger partial charge is 0.494 e. The second kappa shape index (κ2) is 10.7. The van der Waals surface area contributed by atoms with Crippen LogP contribution in [0, 0.1) is 13.8 Å². The number of fused-ring (bicyclic) bond motifs is 1. The van der Waals surface area contributed by atoms with Gasteiger partial charge in [-0.25, -0.2) is 4.98 Å². The molecule has 0 spiro atoms. The number of carbonyl (C=O) groups is 1. The molecule has 2 aromatic carbocycles. The van der Waals surface area contributed by atoms with Crippen molar-refractivity contribution in [2.45, 2.75) is 40.0 Å². The lowest BCUT2D eigenvalue weighted by molar-refractivity contribution is 0.0986. The molecule has 1 amide bonds. The van der Waals surface area contributed by atoms with Gasteiger partial charge in [0.05, 0.1) is 16.8 Å². The zero-order valence-corrected chi connectivity index (χ0v) is 20.1. The monoisotopic (exact) mass is 439 g/mol. The average Bonchev–Trinajstić information content (AvgIpc) is 3.15. The minimum absolute atomic E-state index is 0.0210. The maximum Gasteiger partial charge on any atom is 0.260 e. The van der Waals surface area contributed by atoms with Gasteiger partial charge in [-0.15, -0.1) is 0 Å². The van der Waals surface area contributed by atoms with E-state index in [2.05, 4.69) is 37.8 Å². The van der Waals surface area contributed by atoms with E-state index in [9.17, 15) is 4.79 Å². The molecule has 0 N–H and O–H groups in total. The van der Waals surface area contributed by atoms with E-state index in [0.29, 0.717) is 18.7 Å². The van der Waals surface area contributed by atoms with Gasteiger partial charge in [0.25, 0.3) is 5.91 Å². The van der Waals surface area contributed by atoms with Gasteiger partial charge in [0.1, 0.15) is 5.75 Å². The number of rotatable bonds is 10. The summed E-state index contributed by atoms with van der Waals surface area (Å²) >= 11 is 1.59. The zero-order valence-electron chi connectivity index (χ0n) is 19.3. The van der Waals surface area contributed by atoms with Crippen molar-refractivity contribution in [1.82, 2.24) is 9.88 Å². The Bertz CT molecular complexity index is 1010. The first-order valence-corrected chi connectivity index (χ1v) is 11.8. The van der Waals surface area contributed by atoms with Crippen LogP contribution in [0.1, 0.15) is 47.7 Å². The Labute approximate surface area is 189 Å². The van der Waals surface area contributed by atoms with Crippen LogP contribution in [0.15, 0.2) is 36.4 Å². The van der Waals surface area contributed by atoms with Gasteiger partial charge >= 0.3 is 0 Å². The molecule has 6 heteroatoms. The van der Waals surface area contributed by atoms with Crippen LogP contribution >= 0.6 is 11.3 Å². The molecule has 3 aromatic rings. The molecule has 0 aliphatic rings. The van der Waals surface area contributed by atoms with Crippen LogP contribution < -0.4 is 9.64 Å². The standard InChI is InChI=1S/C25H33N3O2S/c1-6-7-15-30-21-11-9-20(10-12-21)24(29)28(14-8-13-27(4)5)25-26-22-17-18(2)16-19(3)23(22)31-25/h9-12,16-17H,6-8,13-15H2,1-5H3. The third-order valence-electron chi connectivity index (χ3n) is 5.14. The summed E-state index contributed by atoms with van der Waals surface area (Å²) in [4.78, 5) is 22.3. The number of nitrogens with zero attached hydrogens (tertiary/aromatic N) is 3. The van der Waals surface area contributed by atoms with Crippen LogP contribution in [-0.4, -0.2) is 49.6 Å². The number of hydrogen-bond donors (Lipinski definition) is 0. The second-order valence-corrected chi connectivity index (χ2v) is 9.24. The number of benzene rings is 2. The van der Waals surface area contributed by atoms with Crippen molar-refractivity contribution in [3.8, 4) is 5.75 Å². The van der Waals surface area contributed by atoms with Crippen LogP contribution in [0.4, 0.5) is 5.13 Å². The third-order valence-corrected chi connectivity index (χ3v) is 6.37. The SMILES string of the molecule is CCCCOc1ccc(C(=O)N(CCCN(C)C)c2nc3cc(C)cc(C)c3s2)cc1. The molecule has 0 fully saturated rings. The Morgan fingerprint density at radius 3 is 2.48 bits per heavy atom. The molecule has 0 unspecified atom stereocenters. The second-order valence-electron chi connectivity index (χ2n) is 8.27. The predicted molar refractivity (Wildman–Crippen MR) is 131 cm³/mol. The van der Waals surface area contributed by atoms with Gasteiger partial charge in [0.15, 0.2) is 5.13 Å². The fraction of sp³-hybridized carbons (Fsp3) is 0.440.